The van der Waals surface area contributed by atoms with Gasteiger partial charge in [0, 0.05) is 23.3 Å². The Labute approximate surface area is 210 Å². The molecule has 0 spiro atoms. The number of nitrogens with zero attached hydrogens (tertiary/aromatic N) is 3. The normalized spacial score (nSPS) is 13.3. The second kappa shape index (κ2) is 11.2. The van der Waals surface area contributed by atoms with Gasteiger partial charge in [-0.25, -0.2) is 4.98 Å². The molecule has 1 aromatic carbocycles. The first-order valence-corrected chi connectivity index (χ1v) is 11.5. The van der Waals surface area contributed by atoms with Gasteiger partial charge in [-0.15, -0.1) is 0 Å². The van der Waals surface area contributed by atoms with Crippen molar-refractivity contribution in [2.24, 2.45) is 0 Å². The number of rotatable bonds is 9. The number of halogens is 4. The van der Waals surface area contributed by atoms with Gasteiger partial charge in [-0.2, -0.15) is 13.2 Å². The lowest BCUT2D eigenvalue weighted by Gasteiger charge is -2.22. The molecule has 2 atom stereocenters. The summed E-state index contributed by atoms with van der Waals surface area (Å²) in [6, 6.07) is 6.28. The van der Waals surface area contributed by atoms with Crippen molar-refractivity contribution in [1.82, 2.24) is 19.4 Å². The Bertz CT molecular complexity index is 1290. The van der Waals surface area contributed by atoms with E-state index in [9.17, 15) is 27.9 Å². The SMILES string of the molecule is Cc1cn(-c2ccc(C(=O)N[C@@H](C)COc3ccc(Cl)cc3C(C)C(F)(F)F)n(CCO)c2=O)cn1. The molecule has 1 unspecified atom stereocenters. The zero-order valence-corrected chi connectivity index (χ0v) is 20.6. The van der Waals surface area contributed by atoms with Crippen LogP contribution in [0.25, 0.3) is 5.69 Å². The van der Waals surface area contributed by atoms with Crippen LogP contribution in [-0.4, -0.2) is 50.6 Å². The number of imidazole rings is 1. The van der Waals surface area contributed by atoms with Crippen LogP contribution in [0.4, 0.5) is 13.2 Å². The van der Waals surface area contributed by atoms with Crippen LogP contribution < -0.4 is 15.6 Å². The van der Waals surface area contributed by atoms with Crippen molar-refractivity contribution >= 4 is 17.5 Å². The molecule has 0 saturated carbocycles. The fourth-order valence-electron chi connectivity index (χ4n) is 3.56. The number of benzene rings is 1. The van der Waals surface area contributed by atoms with Gasteiger partial charge in [0.05, 0.1) is 30.6 Å². The van der Waals surface area contributed by atoms with Crippen LogP contribution in [0.3, 0.4) is 0 Å². The number of pyridine rings is 1. The van der Waals surface area contributed by atoms with Gasteiger partial charge < -0.3 is 19.7 Å². The number of carbonyl (C=O) groups excluding carboxylic acids is 1. The molecule has 12 heteroatoms. The highest BCUT2D eigenvalue weighted by Crippen LogP contribution is 2.39. The quantitative estimate of drug-likeness (QED) is 0.441. The molecule has 0 aliphatic carbocycles. The standard InChI is InChI=1S/C24H26ClF3N4O4/c1-14-11-31(13-29-14)20-6-5-19(32(8-9-33)23(20)35)22(34)30-15(2)12-36-21-7-4-17(25)10-18(21)16(3)24(26,27)28/h4-7,10-11,13,15-16,33H,8-9,12H2,1-3H3,(H,30,34)/t15-,16?/m0/s1. The molecule has 0 radical (unpaired) electrons. The molecule has 8 nitrogen and oxygen atoms in total. The molecule has 2 aromatic heterocycles. The van der Waals surface area contributed by atoms with E-state index in [1.54, 1.807) is 20.0 Å². The monoisotopic (exact) mass is 526 g/mol. The van der Waals surface area contributed by atoms with Crippen molar-refractivity contribution in [2.75, 3.05) is 13.2 Å². The highest BCUT2D eigenvalue weighted by Gasteiger charge is 2.38. The Kier molecular flexibility index (Phi) is 8.47. The Hall–Kier alpha value is -3.31. The predicted molar refractivity (Wildman–Crippen MR) is 128 cm³/mol. The number of ether oxygens (including phenoxy) is 1. The summed E-state index contributed by atoms with van der Waals surface area (Å²) in [5.41, 5.74) is 0.359. The summed E-state index contributed by atoms with van der Waals surface area (Å²) < 4.78 is 48.1. The predicted octanol–water partition coefficient (Wildman–Crippen LogP) is 3.85. The van der Waals surface area contributed by atoms with E-state index in [1.807, 2.05) is 0 Å². The third-order valence-corrected chi connectivity index (χ3v) is 5.73. The van der Waals surface area contributed by atoms with E-state index in [0.717, 1.165) is 11.5 Å². The number of amides is 1. The van der Waals surface area contributed by atoms with E-state index in [0.29, 0.717) is 5.69 Å². The maximum atomic E-state index is 13.3. The number of alkyl halides is 3. The molecular formula is C24H26ClF3N4O4. The Morgan fingerprint density at radius 2 is 1.97 bits per heavy atom. The van der Waals surface area contributed by atoms with Crippen LogP contribution in [0.1, 0.15) is 41.5 Å². The molecule has 0 saturated heterocycles. The molecule has 2 heterocycles. The van der Waals surface area contributed by atoms with Gasteiger partial charge in [-0.05, 0) is 51.1 Å². The van der Waals surface area contributed by atoms with Crippen molar-refractivity contribution in [1.29, 1.82) is 0 Å². The lowest BCUT2D eigenvalue weighted by Crippen LogP contribution is -2.40. The van der Waals surface area contributed by atoms with Crippen LogP contribution in [0.15, 0.2) is 47.7 Å². The molecular weight excluding hydrogens is 501 g/mol. The number of hydrogen-bond acceptors (Lipinski definition) is 5. The summed E-state index contributed by atoms with van der Waals surface area (Å²) in [7, 11) is 0. The summed E-state index contributed by atoms with van der Waals surface area (Å²) in [6.45, 7) is 3.77. The van der Waals surface area contributed by atoms with Gasteiger partial charge >= 0.3 is 6.18 Å². The van der Waals surface area contributed by atoms with E-state index < -0.39 is 29.6 Å². The second-order valence-electron chi connectivity index (χ2n) is 8.34. The fourth-order valence-corrected chi connectivity index (χ4v) is 3.74. The van der Waals surface area contributed by atoms with E-state index in [2.05, 4.69) is 10.3 Å². The van der Waals surface area contributed by atoms with Gasteiger partial charge in [0.1, 0.15) is 23.7 Å². The first-order chi connectivity index (χ1) is 16.9. The van der Waals surface area contributed by atoms with Crippen LogP contribution in [0, 0.1) is 6.92 Å². The van der Waals surface area contributed by atoms with Crippen LogP contribution >= 0.6 is 11.6 Å². The minimum atomic E-state index is -4.49. The number of aryl methyl sites for hydroxylation is 1. The Morgan fingerprint density at radius 1 is 1.25 bits per heavy atom. The molecule has 1 amide bonds. The van der Waals surface area contributed by atoms with Crippen molar-refractivity contribution in [3.8, 4) is 11.4 Å². The number of carbonyl (C=O) groups is 1. The summed E-state index contributed by atoms with van der Waals surface area (Å²) in [5.74, 6) is -2.41. The third-order valence-electron chi connectivity index (χ3n) is 5.50. The number of nitrogens with one attached hydrogen (secondary N) is 1. The van der Waals surface area contributed by atoms with Gasteiger partial charge in [0.2, 0.25) is 0 Å². The topological polar surface area (TPSA) is 98.4 Å². The Balaban J connectivity index is 1.76. The number of aliphatic hydroxyl groups excluding tert-OH is 1. The molecule has 2 N–H and O–H groups in total. The first kappa shape index (κ1) is 27.3. The molecule has 0 aliphatic rings. The van der Waals surface area contributed by atoms with Gasteiger partial charge in [0.25, 0.3) is 11.5 Å². The average Bonchev–Trinajstić information content (AvgIpc) is 3.24. The number of aromatic nitrogens is 3. The van der Waals surface area contributed by atoms with E-state index in [1.165, 1.54) is 41.2 Å². The van der Waals surface area contributed by atoms with E-state index >= 15 is 0 Å². The van der Waals surface area contributed by atoms with E-state index in [4.69, 9.17) is 16.3 Å². The molecule has 0 fully saturated rings. The Morgan fingerprint density at radius 3 is 2.58 bits per heavy atom. The molecule has 194 valence electrons. The maximum Gasteiger partial charge on any atom is 0.395 e. The minimum absolute atomic E-state index is 0.00231. The maximum absolute atomic E-state index is 13.3. The van der Waals surface area contributed by atoms with Crippen LogP contribution in [0.5, 0.6) is 5.75 Å². The van der Waals surface area contributed by atoms with E-state index in [-0.39, 0.29) is 47.5 Å². The van der Waals surface area contributed by atoms with Crippen molar-refractivity contribution in [3.05, 3.63) is 75.2 Å². The lowest BCUT2D eigenvalue weighted by atomic mass is 9.99. The summed E-state index contributed by atoms with van der Waals surface area (Å²) in [5, 5.41) is 12.3. The van der Waals surface area contributed by atoms with Crippen molar-refractivity contribution < 1.29 is 27.8 Å². The van der Waals surface area contributed by atoms with Crippen LogP contribution in [-0.2, 0) is 6.54 Å². The largest absolute Gasteiger partial charge is 0.491 e. The number of aliphatic hydroxyl groups is 1. The van der Waals surface area contributed by atoms with Gasteiger partial charge in [-0.1, -0.05) is 11.6 Å². The summed E-state index contributed by atoms with van der Waals surface area (Å²) in [6.07, 6.45) is -1.36. The zero-order valence-electron chi connectivity index (χ0n) is 19.8. The molecule has 0 bridgehead atoms. The van der Waals surface area contributed by atoms with Crippen molar-refractivity contribution in [2.45, 2.75) is 45.5 Å². The average molecular weight is 527 g/mol. The van der Waals surface area contributed by atoms with Gasteiger partial charge in [0.15, 0.2) is 0 Å². The minimum Gasteiger partial charge on any atom is -0.491 e. The summed E-state index contributed by atoms with van der Waals surface area (Å²) in [4.78, 5) is 30.0. The number of hydrogen-bond donors (Lipinski definition) is 2. The zero-order chi connectivity index (χ0) is 26.6. The second-order valence-corrected chi connectivity index (χ2v) is 8.77. The highest BCUT2D eigenvalue weighted by molar-refractivity contribution is 6.30. The lowest BCUT2D eigenvalue weighted by molar-refractivity contribution is -0.146. The van der Waals surface area contributed by atoms with Crippen molar-refractivity contribution in [3.63, 3.8) is 0 Å². The molecule has 3 aromatic rings. The first-order valence-electron chi connectivity index (χ1n) is 11.1. The summed E-state index contributed by atoms with van der Waals surface area (Å²) >= 11 is 5.88. The molecule has 3 rings (SSSR count). The molecule has 36 heavy (non-hydrogen) atoms. The van der Waals surface area contributed by atoms with Gasteiger partial charge in [-0.3, -0.25) is 14.2 Å². The highest BCUT2D eigenvalue weighted by atomic mass is 35.5. The third kappa shape index (κ3) is 6.27. The fraction of sp³-hybridized carbons (Fsp3) is 0.375. The molecule has 0 aliphatic heterocycles. The van der Waals surface area contributed by atoms with Crippen LogP contribution in [0.2, 0.25) is 5.02 Å². The smallest absolute Gasteiger partial charge is 0.395 e.